The molecule has 6 nitrogen and oxygen atoms in total. The van der Waals surface area contributed by atoms with Gasteiger partial charge in [0.05, 0.1) is 12.4 Å². The molecule has 1 aromatic carbocycles. The molecule has 25 heavy (non-hydrogen) atoms. The number of rotatable bonds is 4. The Morgan fingerprint density at radius 3 is 2.68 bits per heavy atom. The maximum atomic E-state index is 12.5. The Kier molecular flexibility index (Phi) is 3.78. The third kappa shape index (κ3) is 3.01. The molecule has 0 aliphatic carbocycles. The van der Waals surface area contributed by atoms with Crippen LogP contribution in [-0.4, -0.2) is 24.8 Å². The Labute approximate surface area is 144 Å². The average molecular weight is 331 g/mol. The van der Waals surface area contributed by atoms with E-state index in [-0.39, 0.29) is 11.9 Å². The Morgan fingerprint density at radius 1 is 1.12 bits per heavy atom. The molecular weight excluding hydrogens is 314 g/mol. The largest absolute Gasteiger partial charge is 0.344 e. The van der Waals surface area contributed by atoms with E-state index in [1.807, 2.05) is 70.7 Å². The van der Waals surface area contributed by atoms with Crippen LogP contribution >= 0.6 is 0 Å². The van der Waals surface area contributed by atoms with Crippen molar-refractivity contribution in [2.24, 2.45) is 0 Å². The second kappa shape index (κ2) is 6.24. The number of aromatic nitrogens is 4. The van der Waals surface area contributed by atoms with Gasteiger partial charge in [-0.3, -0.25) is 4.79 Å². The first-order valence-electron chi connectivity index (χ1n) is 8.03. The van der Waals surface area contributed by atoms with Crippen LogP contribution in [0.2, 0.25) is 0 Å². The fourth-order valence-electron chi connectivity index (χ4n) is 2.74. The molecule has 3 aromatic heterocycles. The lowest BCUT2D eigenvalue weighted by Crippen LogP contribution is -2.26. The molecule has 0 radical (unpaired) electrons. The molecule has 1 atom stereocenters. The third-order valence-electron chi connectivity index (χ3n) is 4.14. The molecule has 0 unspecified atom stereocenters. The minimum Gasteiger partial charge on any atom is -0.344 e. The summed E-state index contributed by atoms with van der Waals surface area (Å²) >= 11 is 0. The quantitative estimate of drug-likeness (QED) is 0.625. The molecule has 0 aliphatic rings. The molecule has 0 bridgehead atoms. The van der Waals surface area contributed by atoms with Crippen molar-refractivity contribution in [3.63, 3.8) is 0 Å². The Morgan fingerprint density at radius 2 is 1.96 bits per heavy atom. The van der Waals surface area contributed by atoms with Gasteiger partial charge in [-0.25, -0.2) is 9.97 Å². The van der Waals surface area contributed by atoms with Crippen molar-refractivity contribution in [2.75, 3.05) is 0 Å². The molecule has 0 saturated carbocycles. The Balaban J connectivity index is 1.49. The fourth-order valence-corrected chi connectivity index (χ4v) is 2.74. The molecule has 0 spiro atoms. The van der Waals surface area contributed by atoms with Crippen LogP contribution in [0.3, 0.4) is 0 Å². The van der Waals surface area contributed by atoms with Crippen LogP contribution in [0.1, 0.15) is 29.0 Å². The second-order valence-corrected chi connectivity index (χ2v) is 5.85. The van der Waals surface area contributed by atoms with E-state index in [2.05, 4.69) is 15.3 Å². The van der Waals surface area contributed by atoms with Crippen LogP contribution in [0, 0.1) is 0 Å². The van der Waals surface area contributed by atoms with Gasteiger partial charge in [-0.05, 0) is 36.8 Å². The summed E-state index contributed by atoms with van der Waals surface area (Å²) in [5.74, 6) is -0.185. The predicted octanol–water partition coefficient (Wildman–Crippen LogP) is 3.01. The summed E-state index contributed by atoms with van der Waals surface area (Å²) in [7, 11) is 0. The lowest BCUT2D eigenvalue weighted by atomic mass is 10.1. The zero-order valence-electron chi connectivity index (χ0n) is 13.7. The monoisotopic (exact) mass is 331 g/mol. The normalized spacial score (nSPS) is 12.2. The molecule has 0 aliphatic heterocycles. The highest BCUT2D eigenvalue weighted by Crippen LogP contribution is 2.16. The number of nitrogens with one attached hydrogen (secondary N) is 1. The van der Waals surface area contributed by atoms with E-state index in [1.54, 1.807) is 18.7 Å². The first-order chi connectivity index (χ1) is 12.2. The molecular formula is C19H17N5O. The molecule has 4 aromatic rings. The van der Waals surface area contributed by atoms with Gasteiger partial charge in [-0.15, -0.1) is 0 Å². The SMILES string of the molecule is C[C@H](NC(=O)c1cn2ccccc2n1)c1ccc(-n2ccnc2)cc1. The lowest BCUT2D eigenvalue weighted by molar-refractivity contribution is 0.0935. The summed E-state index contributed by atoms with van der Waals surface area (Å²) in [6.45, 7) is 1.96. The number of benzene rings is 1. The molecule has 1 amide bonds. The molecule has 1 N–H and O–H groups in total. The number of hydrogen-bond donors (Lipinski definition) is 1. The summed E-state index contributed by atoms with van der Waals surface area (Å²) < 4.78 is 3.77. The smallest absolute Gasteiger partial charge is 0.271 e. The van der Waals surface area contributed by atoms with Crippen LogP contribution in [-0.2, 0) is 0 Å². The highest BCUT2D eigenvalue weighted by atomic mass is 16.2. The van der Waals surface area contributed by atoms with Crippen molar-refractivity contribution in [3.8, 4) is 5.69 Å². The summed E-state index contributed by atoms with van der Waals surface area (Å²) in [5, 5.41) is 2.99. The van der Waals surface area contributed by atoms with Gasteiger partial charge in [-0.2, -0.15) is 0 Å². The first kappa shape index (κ1) is 15.1. The number of amides is 1. The zero-order valence-corrected chi connectivity index (χ0v) is 13.7. The van der Waals surface area contributed by atoms with Crippen molar-refractivity contribution >= 4 is 11.6 Å². The zero-order chi connectivity index (χ0) is 17.2. The van der Waals surface area contributed by atoms with Crippen LogP contribution in [0.5, 0.6) is 0 Å². The molecule has 6 heteroatoms. The van der Waals surface area contributed by atoms with Crippen LogP contribution in [0.15, 0.2) is 73.6 Å². The van der Waals surface area contributed by atoms with Gasteiger partial charge < -0.3 is 14.3 Å². The van der Waals surface area contributed by atoms with Gasteiger partial charge in [0.1, 0.15) is 11.3 Å². The summed E-state index contributed by atoms with van der Waals surface area (Å²) in [5.41, 5.74) is 3.22. The minimum absolute atomic E-state index is 0.117. The lowest BCUT2D eigenvalue weighted by Gasteiger charge is -2.14. The minimum atomic E-state index is -0.185. The number of carbonyl (C=O) groups excluding carboxylic acids is 1. The number of hydrogen-bond acceptors (Lipinski definition) is 3. The number of fused-ring (bicyclic) bond motifs is 1. The first-order valence-corrected chi connectivity index (χ1v) is 8.03. The topological polar surface area (TPSA) is 64.2 Å². The average Bonchev–Trinajstić information content (AvgIpc) is 3.31. The molecule has 0 fully saturated rings. The summed E-state index contributed by atoms with van der Waals surface area (Å²) in [6, 6.07) is 13.6. The fraction of sp³-hybridized carbons (Fsp3) is 0.105. The Hall–Kier alpha value is -3.41. The molecule has 124 valence electrons. The number of pyridine rings is 1. The van der Waals surface area contributed by atoms with Crippen molar-refractivity contribution in [3.05, 3.63) is 84.8 Å². The number of imidazole rings is 2. The number of carbonyl (C=O) groups is 1. The number of nitrogens with zero attached hydrogens (tertiary/aromatic N) is 4. The van der Waals surface area contributed by atoms with Gasteiger partial charge in [0.15, 0.2) is 0 Å². The maximum Gasteiger partial charge on any atom is 0.271 e. The van der Waals surface area contributed by atoms with Crippen molar-refractivity contribution in [1.82, 2.24) is 24.3 Å². The summed E-state index contributed by atoms with van der Waals surface area (Å²) in [6.07, 6.45) is 9.00. The molecule has 4 rings (SSSR count). The highest BCUT2D eigenvalue weighted by Gasteiger charge is 2.14. The maximum absolute atomic E-state index is 12.5. The van der Waals surface area contributed by atoms with Crippen LogP contribution < -0.4 is 5.32 Å². The molecule has 3 heterocycles. The van der Waals surface area contributed by atoms with E-state index in [9.17, 15) is 4.79 Å². The van der Waals surface area contributed by atoms with E-state index in [0.29, 0.717) is 5.69 Å². The van der Waals surface area contributed by atoms with Crippen molar-refractivity contribution in [2.45, 2.75) is 13.0 Å². The van der Waals surface area contributed by atoms with E-state index in [0.717, 1.165) is 16.9 Å². The van der Waals surface area contributed by atoms with Crippen LogP contribution in [0.4, 0.5) is 0 Å². The van der Waals surface area contributed by atoms with Gasteiger partial charge >= 0.3 is 0 Å². The van der Waals surface area contributed by atoms with Gasteiger partial charge in [-0.1, -0.05) is 18.2 Å². The van der Waals surface area contributed by atoms with Gasteiger partial charge in [0.2, 0.25) is 0 Å². The molecule has 0 saturated heterocycles. The predicted molar refractivity (Wildman–Crippen MR) is 94.6 cm³/mol. The van der Waals surface area contributed by atoms with Gasteiger partial charge in [0, 0.05) is 30.5 Å². The highest BCUT2D eigenvalue weighted by molar-refractivity contribution is 5.93. The standard InChI is InChI=1S/C19H17N5O/c1-14(15-5-7-16(8-6-15)24-11-9-20-13-24)21-19(25)17-12-23-10-3-2-4-18(23)22-17/h2-14H,1H3,(H,21,25)/t14-/m0/s1. The third-order valence-corrected chi connectivity index (χ3v) is 4.14. The van der Waals surface area contributed by atoms with E-state index in [4.69, 9.17) is 0 Å². The summed E-state index contributed by atoms with van der Waals surface area (Å²) in [4.78, 5) is 20.8. The van der Waals surface area contributed by atoms with Gasteiger partial charge in [0.25, 0.3) is 5.91 Å². The van der Waals surface area contributed by atoms with E-state index < -0.39 is 0 Å². The van der Waals surface area contributed by atoms with Crippen molar-refractivity contribution < 1.29 is 4.79 Å². The van der Waals surface area contributed by atoms with E-state index >= 15 is 0 Å². The van der Waals surface area contributed by atoms with Crippen molar-refractivity contribution in [1.29, 1.82) is 0 Å². The second-order valence-electron chi connectivity index (χ2n) is 5.85. The van der Waals surface area contributed by atoms with E-state index in [1.165, 1.54) is 0 Å². The van der Waals surface area contributed by atoms with Crippen LogP contribution in [0.25, 0.3) is 11.3 Å². The Bertz CT molecular complexity index is 969.